The molecule has 52 valence electrons. The van der Waals surface area contributed by atoms with Crippen LogP contribution in [0.4, 0.5) is 0 Å². The van der Waals surface area contributed by atoms with Gasteiger partial charge < -0.3 is 10.2 Å². The number of hydrogen-bond donors (Lipinski definition) is 2. The zero-order valence-electron chi connectivity index (χ0n) is 5.33. The lowest BCUT2D eigenvalue weighted by atomic mass is 10.0. The van der Waals surface area contributed by atoms with Gasteiger partial charge in [0.25, 0.3) is 0 Å². The van der Waals surface area contributed by atoms with Gasteiger partial charge in [-0.1, -0.05) is 0 Å². The van der Waals surface area contributed by atoms with E-state index in [1.165, 1.54) is 6.42 Å². The van der Waals surface area contributed by atoms with Crippen molar-refractivity contribution in [3.8, 4) is 0 Å². The highest BCUT2D eigenvalue weighted by atomic mass is 16.3. The van der Waals surface area contributed by atoms with Crippen molar-refractivity contribution >= 4 is 0 Å². The minimum Gasteiger partial charge on any atom is -0.396 e. The van der Waals surface area contributed by atoms with Crippen LogP contribution in [0.15, 0.2) is 0 Å². The van der Waals surface area contributed by atoms with Crippen LogP contribution in [0.1, 0.15) is 12.8 Å². The average Bonchev–Trinajstić information content (AvgIpc) is 2.55. The summed E-state index contributed by atoms with van der Waals surface area (Å²) in [6, 6.07) is 0. The molecule has 2 heteroatoms. The van der Waals surface area contributed by atoms with Crippen molar-refractivity contribution in [3.05, 3.63) is 0 Å². The number of aliphatic hydroxyl groups is 2. The fraction of sp³-hybridized carbons (Fsp3) is 1.00. The highest BCUT2D eigenvalue weighted by Crippen LogP contribution is 2.54. The second-order valence-electron chi connectivity index (χ2n) is 3.33. The van der Waals surface area contributed by atoms with E-state index >= 15 is 0 Å². The Morgan fingerprint density at radius 1 is 1.33 bits per heavy atom. The molecule has 2 saturated carbocycles. The van der Waals surface area contributed by atoms with Crippen molar-refractivity contribution < 1.29 is 10.2 Å². The maximum Gasteiger partial charge on any atom is 0.0621 e. The van der Waals surface area contributed by atoms with Crippen molar-refractivity contribution in [3.63, 3.8) is 0 Å². The predicted octanol–water partition coefficient (Wildman–Crippen LogP) is -0.00440. The molecule has 0 saturated heterocycles. The van der Waals surface area contributed by atoms with E-state index in [0.29, 0.717) is 5.92 Å². The molecule has 2 aliphatic rings. The first-order valence-electron chi connectivity index (χ1n) is 3.62. The van der Waals surface area contributed by atoms with Crippen LogP contribution in [0, 0.1) is 17.8 Å². The lowest BCUT2D eigenvalue weighted by molar-refractivity contribution is 0.0706. The van der Waals surface area contributed by atoms with E-state index in [2.05, 4.69) is 0 Å². The van der Waals surface area contributed by atoms with Gasteiger partial charge in [0.05, 0.1) is 6.10 Å². The third-order valence-corrected chi connectivity index (χ3v) is 2.74. The highest BCUT2D eigenvalue weighted by molar-refractivity contribution is 5.01. The van der Waals surface area contributed by atoms with E-state index in [-0.39, 0.29) is 18.6 Å². The van der Waals surface area contributed by atoms with Gasteiger partial charge in [0.2, 0.25) is 0 Å². The third kappa shape index (κ3) is 0.700. The van der Waals surface area contributed by atoms with Crippen molar-refractivity contribution in [2.45, 2.75) is 18.9 Å². The lowest BCUT2D eigenvalue weighted by Gasteiger charge is -2.13. The van der Waals surface area contributed by atoms with Crippen molar-refractivity contribution in [1.82, 2.24) is 0 Å². The van der Waals surface area contributed by atoms with Gasteiger partial charge in [-0.3, -0.25) is 0 Å². The molecule has 0 spiro atoms. The molecule has 0 aromatic heterocycles. The molecule has 0 aliphatic heterocycles. The van der Waals surface area contributed by atoms with Crippen LogP contribution in [0.5, 0.6) is 0 Å². The van der Waals surface area contributed by atoms with E-state index in [9.17, 15) is 5.11 Å². The SMILES string of the molecule is OC[C@H]1C[C@@H]2C[C@@H]2[C@@H]1O. The average molecular weight is 128 g/mol. The van der Waals surface area contributed by atoms with Crippen molar-refractivity contribution in [2.75, 3.05) is 6.61 Å². The van der Waals surface area contributed by atoms with Crippen LogP contribution in [0.3, 0.4) is 0 Å². The molecule has 2 fully saturated rings. The molecule has 0 bridgehead atoms. The van der Waals surface area contributed by atoms with Crippen molar-refractivity contribution in [2.24, 2.45) is 17.8 Å². The van der Waals surface area contributed by atoms with Gasteiger partial charge >= 0.3 is 0 Å². The molecule has 2 nitrogen and oxygen atoms in total. The summed E-state index contributed by atoms with van der Waals surface area (Å²) >= 11 is 0. The molecule has 0 amide bonds. The number of rotatable bonds is 1. The molecule has 0 aromatic rings. The standard InChI is InChI=1S/C7H12O2/c8-3-5-1-4-2-6(4)7(5)9/h4-9H,1-3H2/t4-,5-,6+,7-/m1/s1. The molecule has 2 N–H and O–H groups in total. The molecular formula is C7H12O2. The lowest BCUT2D eigenvalue weighted by Crippen LogP contribution is -2.20. The maximum atomic E-state index is 9.34. The Kier molecular flexibility index (Phi) is 1.08. The quantitative estimate of drug-likeness (QED) is 0.521. The van der Waals surface area contributed by atoms with Gasteiger partial charge in [-0.25, -0.2) is 0 Å². The third-order valence-electron chi connectivity index (χ3n) is 2.74. The normalized spacial score (nSPS) is 55.3. The Labute approximate surface area is 54.5 Å². The van der Waals surface area contributed by atoms with E-state index in [0.717, 1.165) is 12.3 Å². The van der Waals surface area contributed by atoms with Gasteiger partial charge in [-0.15, -0.1) is 0 Å². The molecule has 0 heterocycles. The summed E-state index contributed by atoms with van der Waals surface area (Å²) in [6.45, 7) is 0.175. The summed E-state index contributed by atoms with van der Waals surface area (Å²) in [5.41, 5.74) is 0. The van der Waals surface area contributed by atoms with Crippen LogP contribution in [0.2, 0.25) is 0 Å². The number of hydrogen-bond acceptors (Lipinski definition) is 2. The van der Waals surface area contributed by atoms with Gasteiger partial charge in [0, 0.05) is 12.5 Å². The molecule has 0 unspecified atom stereocenters. The predicted molar refractivity (Wildman–Crippen MR) is 32.8 cm³/mol. The summed E-state index contributed by atoms with van der Waals surface area (Å²) < 4.78 is 0. The molecule has 2 aliphatic carbocycles. The first-order valence-corrected chi connectivity index (χ1v) is 3.62. The molecule has 2 rings (SSSR count). The molecule has 0 aromatic carbocycles. The minimum absolute atomic E-state index is 0.175. The van der Waals surface area contributed by atoms with Crippen molar-refractivity contribution in [1.29, 1.82) is 0 Å². The summed E-state index contributed by atoms with van der Waals surface area (Å²) in [4.78, 5) is 0. The Hall–Kier alpha value is -0.0800. The summed E-state index contributed by atoms with van der Waals surface area (Å²) in [6.07, 6.45) is 2.08. The van der Waals surface area contributed by atoms with E-state index < -0.39 is 0 Å². The summed E-state index contributed by atoms with van der Waals surface area (Å²) in [5.74, 6) is 1.52. The topological polar surface area (TPSA) is 40.5 Å². The van der Waals surface area contributed by atoms with Gasteiger partial charge in [-0.2, -0.15) is 0 Å². The number of aliphatic hydroxyl groups excluding tert-OH is 2. The fourth-order valence-electron chi connectivity index (χ4n) is 2.02. The van der Waals surface area contributed by atoms with Crippen LogP contribution >= 0.6 is 0 Å². The van der Waals surface area contributed by atoms with Gasteiger partial charge in [0.15, 0.2) is 0 Å². The zero-order chi connectivity index (χ0) is 6.43. The zero-order valence-corrected chi connectivity index (χ0v) is 5.33. The Bertz CT molecular complexity index is 124. The summed E-state index contributed by atoms with van der Waals surface area (Å²) in [5, 5.41) is 18.1. The Balaban J connectivity index is 1.99. The highest BCUT2D eigenvalue weighted by Gasteiger charge is 2.52. The maximum absolute atomic E-state index is 9.34. The van der Waals surface area contributed by atoms with Crippen LogP contribution in [-0.4, -0.2) is 22.9 Å². The molecule has 0 radical (unpaired) electrons. The molecular weight excluding hydrogens is 116 g/mol. The Morgan fingerprint density at radius 2 is 2.11 bits per heavy atom. The first-order chi connectivity index (χ1) is 4.33. The Morgan fingerprint density at radius 3 is 2.44 bits per heavy atom. The molecule has 4 atom stereocenters. The first kappa shape index (κ1) is 5.69. The monoisotopic (exact) mass is 128 g/mol. The minimum atomic E-state index is -0.181. The number of fused-ring (bicyclic) bond motifs is 1. The van der Waals surface area contributed by atoms with Crippen LogP contribution < -0.4 is 0 Å². The van der Waals surface area contributed by atoms with E-state index in [4.69, 9.17) is 5.11 Å². The van der Waals surface area contributed by atoms with Crippen LogP contribution in [-0.2, 0) is 0 Å². The summed E-state index contributed by atoms with van der Waals surface area (Å²) in [7, 11) is 0. The van der Waals surface area contributed by atoms with Gasteiger partial charge in [0.1, 0.15) is 0 Å². The smallest absolute Gasteiger partial charge is 0.0621 e. The van der Waals surface area contributed by atoms with Gasteiger partial charge in [-0.05, 0) is 24.7 Å². The second-order valence-corrected chi connectivity index (χ2v) is 3.33. The second kappa shape index (κ2) is 1.70. The van der Waals surface area contributed by atoms with E-state index in [1.54, 1.807) is 0 Å². The largest absolute Gasteiger partial charge is 0.396 e. The fourth-order valence-corrected chi connectivity index (χ4v) is 2.02. The molecule has 9 heavy (non-hydrogen) atoms. The van der Waals surface area contributed by atoms with Crippen LogP contribution in [0.25, 0.3) is 0 Å². The van der Waals surface area contributed by atoms with E-state index in [1.807, 2.05) is 0 Å².